The maximum Gasteiger partial charge on any atom is 0.277 e. The molecule has 0 saturated heterocycles. The molecule has 3 rings (SSSR count). The van der Waals surface area contributed by atoms with Gasteiger partial charge in [-0.05, 0) is 19.3 Å². The first-order valence-electron chi connectivity index (χ1n) is 6.28. The molecule has 2 aromatic rings. The molecular weight excluding hydrogens is 262 g/mol. The lowest BCUT2D eigenvalue weighted by Crippen LogP contribution is -2.12. The lowest BCUT2D eigenvalue weighted by molar-refractivity contribution is 0.102. The number of carbonyl (C=O) groups excluding carboxylic acids is 1. The number of aromatic nitrogens is 3. The van der Waals surface area contributed by atoms with E-state index in [2.05, 4.69) is 15.3 Å². The van der Waals surface area contributed by atoms with Gasteiger partial charge in [0.1, 0.15) is 5.69 Å². The van der Waals surface area contributed by atoms with Crippen LogP contribution in [0.25, 0.3) is 0 Å². The van der Waals surface area contributed by atoms with Crippen LogP contribution in [-0.2, 0) is 19.4 Å². The van der Waals surface area contributed by atoms with Crippen LogP contribution >= 0.6 is 11.3 Å². The van der Waals surface area contributed by atoms with Crippen LogP contribution in [0.3, 0.4) is 0 Å². The summed E-state index contributed by atoms with van der Waals surface area (Å²) in [5.74, 6) is -0.219. The van der Waals surface area contributed by atoms with E-state index < -0.39 is 0 Å². The molecule has 0 aliphatic heterocycles. The van der Waals surface area contributed by atoms with Gasteiger partial charge >= 0.3 is 0 Å². The molecule has 0 spiro atoms. The lowest BCUT2D eigenvalue weighted by Gasteiger charge is -1.98. The third-order valence-electron chi connectivity index (χ3n) is 3.07. The highest BCUT2D eigenvalue weighted by atomic mass is 32.1. The summed E-state index contributed by atoms with van der Waals surface area (Å²) >= 11 is 1.56. The monoisotopic (exact) mass is 277 g/mol. The first-order valence-corrected chi connectivity index (χ1v) is 7.09. The average molecular weight is 277 g/mol. The fraction of sp³-hybridized carbons (Fsp3) is 0.417. The molecular formula is C12H15N5OS. The Kier molecular flexibility index (Phi) is 3.31. The first-order chi connectivity index (χ1) is 9.26. The third kappa shape index (κ3) is 2.52. The molecule has 1 amide bonds. The highest BCUT2D eigenvalue weighted by molar-refractivity contribution is 7.15. The van der Waals surface area contributed by atoms with Gasteiger partial charge in [-0.15, -0.1) is 11.3 Å². The van der Waals surface area contributed by atoms with Crippen molar-refractivity contribution in [3.05, 3.63) is 28.8 Å². The van der Waals surface area contributed by atoms with Crippen LogP contribution in [0.1, 0.15) is 27.5 Å². The van der Waals surface area contributed by atoms with Crippen LogP contribution in [0.2, 0.25) is 0 Å². The number of imidazole rings is 1. The predicted molar refractivity (Wildman–Crippen MR) is 73.4 cm³/mol. The van der Waals surface area contributed by atoms with Gasteiger partial charge < -0.3 is 10.3 Å². The highest BCUT2D eigenvalue weighted by Gasteiger charge is 2.18. The minimum absolute atomic E-state index is 0.219. The molecule has 0 atom stereocenters. The van der Waals surface area contributed by atoms with E-state index in [0.717, 1.165) is 18.5 Å². The van der Waals surface area contributed by atoms with E-state index in [1.54, 1.807) is 28.4 Å². The number of amides is 1. The van der Waals surface area contributed by atoms with Gasteiger partial charge in [-0.1, -0.05) is 0 Å². The maximum absolute atomic E-state index is 12.0. The summed E-state index contributed by atoms with van der Waals surface area (Å²) in [6.45, 7) is 1.18. The molecule has 6 nitrogen and oxygen atoms in total. The van der Waals surface area contributed by atoms with Crippen LogP contribution in [0.4, 0.5) is 5.13 Å². The standard InChI is InChI=1S/C12H15N5OS/c13-4-5-17-6-9(14-7-17)11(18)16-12-15-8-2-1-3-10(8)19-12/h6-7H,1-5,13H2,(H,15,16,18). The summed E-state index contributed by atoms with van der Waals surface area (Å²) in [6.07, 6.45) is 6.58. The van der Waals surface area contributed by atoms with E-state index in [-0.39, 0.29) is 5.91 Å². The number of thiazole rings is 1. The van der Waals surface area contributed by atoms with E-state index in [1.807, 2.05) is 0 Å². The van der Waals surface area contributed by atoms with Crippen LogP contribution in [-0.4, -0.2) is 27.0 Å². The van der Waals surface area contributed by atoms with Gasteiger partial charge in [0.05, 0.1) is 12.0 Å². The molecule has 0 unspecified atom stereocenters. The molecule has 1 aliphatic rings. The number of nitrogens with two attached hydrogens (primary N) is 1. The SMILES string of the molecule is NCCn1cnc(C(=O)Nc2nc3c(s2)CCC3)c1. The summed E-state index contributed by atoms with van der Waals surface area (Å²) in [4.78, 5) is 21.8. The fourth-order valence-electron chi connectivity index (χ4n) is 2.15. The van der Waals surface area contributed by atoms with E-state index in [4.69, 9.17) is 5.73 Å². The van der Waals surface area contributed by atoms with E-state index in [9.17, 15) is 4.79 Å². The second-order valence-electron chi connectivity index (χ2n) is 4.48. The molecule has 19 heavy (non-hydrogen) atoms. The zero-order chi connectivity index (χ0) is 13.2. The number of nitrogens with zero attached hydrogens (tertiary/aromatic N) is 3. The minimum atomic E-state index is -0.219. The number of rotatable bonds is 4. The van der Waals surface area contributed by atoms with Crippen LogP contribution in [0.15, 0.2) is 12.5 Å². The van der Waals surface area contributed by atoms with Gasteiger partial charge in [0.2, 0.25) is 0 Å². The second kappa shape index (κ2) is 5.10. The summed E-state index contributed by atoms with van der Waals surface area (Å²) in [5.41, 5.74) is 6.98. The van der Waals surface area contributed by atoms with Gasteiger partial charge in [0.25, 0.3) is 5.91 Å². The summed E-state index contributed by atoms with van der Waals surface area (Å²) in [6, 6.07) is 0. The fourth-order valence-corrected chi connectivity index (χ4v) is 3.20. The Labute approximate surface area is 114 Å². The largest absolute Gasteiger partial charge is 0.335 e. The van der Waals surface area contributed by atoms with Crippen molar-refractivity contribution in [1.82, 2.24) is 14.5 Å². The second-order valence-corrected chi connectivity index (χ2v) is 5.57. The molecule has 0 saturated carbocycles. The van der Waals surface area contributed by atoms with Gasteiger partial charge in [-0.25, -0.2) is 9.97 Å². The Morgan fingerprint density at radius 3 is 3.21 bits per heavy atom. The number of anilines is 1. The Hall–Kier alpha value is -1.73. The van der Waals surface area contributed by atoms with Crippen molar-refractivity contribution < 1.29 is 4.79 Å². The molecule has 100 valence electrons. The van der Waals surface area contributed by atoms with Crippen molar-refractivity contribution in [2.24, 2.45) is 5.73 Å². The Balaban J connectivity index is 1.69. The van der Waals surface area contributed by atoms with Crippen molar-refractivity contribution in [2.75, 3.05) is 11.9 Å². The van der Waals surface area contributed by atoms with Crippen LogP contribution < -0.4 is 11.1 Å². The molecule has 0 radical (unpaired) electrons. The molecule has 1 aliphatic carbocycles. The van der Waals surface area contributed by atoms with Crippen molar-refractivity contribution in [3.8, 4) is 0 Å². The number of hydrogen-bond acceptors (Lipinski definition) is 5. The minimum Gasteiger partial charge on any atom is -0.335 e. The third-order valence-corrected chi connectivity index (χ3v) is 4.14. The predicted octanol–water partition coefficient (Wildman–Crippen LogP) is 1.04. The normalized spacial score (nSPS) is 13.5. The molecule has 0 bridgehead atoms. The summed E-state index contributed by atoms with van der Waals surface area (Å²) in [7, 11) is 0. The Bertz CT molecular complexity index is 582. The maximum atomic E-state index is 12.0. The van der Waals surface area contributed by atoms with Gasteiger partial charge in [0.15, 0.2) is 5.13 Å². The summed E-state index contributed by atoms with van der Waals surface area (Å²) in [5, 5.41) is 3.47. The quantitative estimate of drug-likeness (QED) is 0.874. The number of hydrogen-bond donors (Lipinski definition) is 2. The number of fused-ring (bicyclic) bond motifs is 1. The Morgan fingerprint density at radius 2 is 2.42 bits per heavy atom. The molecule has 0 aromatic carbocycles. The topological polar surface area (TPSA) is 85.8 Å². The van der Waals surface area contributed by atoms with Crippen LogP contribution in [0, 0.1) is 0 Å². The molecule has 0 fully saturated rings. The molecule has 2 heterocycles. The van der Waals surface area contributed by atoms with E-state index >= 15 is 0 Å². The highest BCUT2D eigenvalue weighted by Crippen LogP contribution is 2.30. The molecule has 2 aromatic heterocycles. The summed E-state index contributed by atoms with van der Waals surface area (Å²) < 4.78 is 1.80. The Morgan fingerprint density at radius 1 is 1.53 bits per heavy atom. The number of nitrogens with one attached hydrogen (secondary N) is 1. The molecule has 7 heteroatoms. The van der Waals surface area contributed by atoms with Gasteiger partial charge in [-0.2, -0.15) is 0 Å². The first kappa shape index (κ1) is 12.3. The van der Waals surface area contributed by atoms with E-state index in [0.29, 0.717) is 23.9 Å². The van der Waals surface area contributed by atoms with Crippen molar-refractivity contribution in [3.63, 3.8) is 0 Å². The molecule has 3 N–H and O–H groups in total. The van der Waals surface area contributed by atoms with Crippen molar-refractivity contribution in [2.45, 2.75) is 25.8 Å². The van der Waals surface area contributed by atoms with E-state index in [1.165, 1.54) is 11.3 Å². The van der Waals surface area contributed by atoms with Crippen molar-refractivity contribution >= 4 is 22.4 Å². The number of carbonyl (C=O) groups is 1. The van der Waals surface area contributed by atoms with Crippen molar-refractivity contribution in [1.29, 1.82) is 0 Å². The lowest BCUT2D eigenvalue weighted by atomic mass is 10.4. The van der Waals surface area contributed by atoms with Gasteiger partial charge in [0, 0.05) is 24.2 Å². The van der Waals surface area contributed by atoms with Crippen LogP contribution in [0.5, 0.6) is 0 Å². The smallest absolute Gasteiger partial charge is 0.277 e. The zero-order valence-electron chi connectivity index (χ0n) is 10.4. The average Bonchev–Trinajstić information content (AvgIpc) is 3.03. The van der Waals surface area contributed by atoms with Gasteiger partial charge in [-0.3, -0.25) is 10.1 Å². The number of aryl methyl sites for hydroxylation is 2. The zero-order valence-corrected chi connectivity index (χ0v) is 11.2.